The second-order valence-corrected chi connectivity index (χ2v) is 9.08. The molecule has 0 bridgehead atoms. The van der Waals surface area contributed by atoms with Crippen molar-refractivity contribution in [1.82, 2.24) is 4.90 Å². The van der Waals surface area contributed by atoms with Gasteiger partial charge in [-0.25, -0.2) is 0 Å². The molecule has 1 atom stereocenters. The highest BCUT2D eigenvalue weighted by Crippen LogP contribution is 2.49. The monoisotopic (exact) mass is 370 g/mol. The van der Waals surface area contributed by atoms with Gasteiger partial charge in [0, 0.05) is 27.8 Å². The van der Waals surface area contributed by atoms with E-state index in [1.165, 1.54) is 58.4 Å². The van der Waals surface area contributed by atoms with Gasteiger partial charge < -0.3 is 9.80 Å². The molecule has 2 aromatic carbocycles. The summed E-state index contributed by atoms with van der Waals surface area (Å²) >= 11 is 3.74. The third kappa shape index (κ3) is 3.71. The van der Waals surface area contributed by atoms with Gasteiger partial charge in [-0.1, -0.05) is 23.9 Å². The van der Waals surface area contributed by atoms with Gasteiger partial charge in [-0.3, -0.25) is 0 Å². The average molecular weight is 371 g/mol. The van der Waals surface area contributed by atoms with Gasteiger partial charge in [0.25, 0.3) is 0 Å². The number of hydrogen-bond acceptors (Lipinski definition) is 4. The second-order valence-electron chi connectivity index (χ2n) is 7.11. The summed E-state index contributed by atoms with van der Waals surface area (Å²) in [7, 11) is 2.26. The van der Waals surface area contributed by atoms with E-state index < -0.39 is 0 Å². The maximum Gasteiger partial charge on any atom is 0.0564 e. The lowest BCUT2D eigenvalue weighted by Gasteiger charge is -2.36. The molecule has 132 valence electrons. The van der Waals surface area contributed by atoms with Crippen LogP contribution in [0.5, 0.6) is 0 Å². The van der Waals surface area contributed by atoms with Crippen molar-refractivity contribution < 1.29 is 0 Å². The van der Waals surface area contributed by atoms with Crippen LogP contribution in [0.25, 0.3) is 0 Å². The van der Waals surface area contributed by atoms with Gasteiger partial charge in [0.15, 0.2) is 0 Å². The van der Waals surface area contributed by atoms with E-state index in [9.17, 15) is 0 Å². The number of benzene rings is 2. The summed E-state index contributed by atoms with van der Waals surface area (Å²) in [5, 5.41) is 0. The van der Waals surface area contributed by atoms with E-state index in [4.69, 9.17) is 0 Å². The number of hydrogen-bond donors (Lipinski definition) is 0. The van der Waals surface area contributed by atoms with E-state index in [0.717, 1.165) is 12.5 Å². The number of rotatable bonds is 4. The predicted molar refractivity (Wildman–Crippen MR) is 111 cm³/mol. The molecule has 1 fully saturated rings. The molecule has 2 aliphatic rings. The van der Waals surface area contributed by atoms with Crippen LogP contribution in [-0.4, -0.2) is 37.8 Å². The van der Waals surface area contributed by atoms with Crippen LogP contribution in [0.1, 0.15) is 19.3 Å². The molecule has 0 radical (unpaired) electrons. The smallest absolute Gasteiger partial charge is 0.0564 e. The van der Waals surface area contributed by atoms with Crippen molar-refractivity contribution in [3.8, 4) is 0 Å². The highest BCUT2D eigenvalue weighted by molar-refractivity contribution is 8.00. The fourth-order valence-corrected chi connectivity index (χ4v) is 5.51. The molecule has 2 nitrogen and oxygen atoms in total. The first-order valence-electron chi connectivity index (χ1n) is 9.15. The summed E-state index contributed by atoms with van der Waals surface area (Å²) in [5.41, 5.74) is 2.77. The number of nitrogens with zero attached hydrogens (tertiary/aromatic N) is 2. The molecule has 1 unspecified atom stereocenters. The van der Waals surface area contributed by atoms with Gasteiger partial charge in [0.1, 0.15) is 0 Å². The van der Waals surface area contributed by atoms with Crippen molar-refractivity contribution >= 4 is 34.9 Å². The van der Waals surface area contributed by atoms with Crippen LogP contribution >= 0.6 is 23.5 Å². The Labute approximate surface area is 160 Å². The van der Waals surface area contributed by atoms with Crippen LogP contribution in [-0.2, 0) is 0 Å². The molecule has 2 aliphatic heterocycles. The topological polar surface area (TPSA) is 6.48 Å². The molecular formula is C21H26N2S2. The second kappa shape index (κ2) is 7.65. The summed E-state index contributed by atoms with van der Waals surface area (Å²) in [6, 6.07) is 15.8. The molecule has 0 amide bonds. The van der Waals surface area contributed by atoms with E-state index >= 15 is 0 Å². The Kier molecular flexibility index (Phi) is 5.30. The normalized spacial score (nSPS) is 20.2. The first-order valence-corrected chi connectivity index (χ1v) is 11.2. The Balaban J connectivity index is 1.61. The lowest BCUT2D eigenvalue weighted by atomic mass is 9.95. The predicted octanol–water partition coefficient (Wildman–Crippen LogP) is 5.74. The zero-order chi connectivity index (χ0) is 17.2. The van der Waals surface area contributed by atoms with Crippen LogP contribution in [0.3, 0.4) is 0 Å². The highest BCUT2D eigenvalue weighted by Gasteiger charge is 2.25. The van der Waals surface area contributed by atoms with Crippen molar-refractivity contribution in [2.45, 2.75) is 33.9 Å². The quantitative estimate of drug-likeness (QED) is 0.633. The number of para-hydroxylation sites is 1. The van der Waals surface area contributed by atoms with E-state index in [-0.39, 0.29) is 0 Å². The average Bonchev–Trinajstić information content (AvgIpc) is 2.65. The highest BCUT2D eigenvalue weighted by atomic mass is 32.2. The zero-order valence-corrected chi connectivity index (χ0v) is 16.7. The number of anilines is 2. The SMILES string of the molecule is CSc1ccc2c(c1)N(CCC1CCCN(C)C1)c1ccccc1S2. The molecule has 2 aromatic rings. The lowest BCUT2D eigenvalue weighted by Crippen LogP contribution is -2.34. The minimum absolute atomic E-state index is 0.827. The molecule has 4 heteroatoms. The maximum absolute atomic E-state index is 2.56. The molecule has 2 heterocycles. The Bertz CT molecular complexity index is 746. The summed E-state index contributed by atoms with van der Waals surface area (Å²) in [5.74, 6) is 0.827. The molecule has 0 saturated carbocycles. The van der Waals surface area contributed by atoms with Crippen LogP contribution < -0.4 is 4.90 Å². The van der Waals surface area contributed by atoms with Crippen molar-refractivity contribution in [2.75, 3.05) is 37.8 Å². The van der Waals surface area contributed by atoms with Gasteiger partial charge in [0.2, 0.25) is 0 Å². The summed E-state index contributed by atoms with van der Waals surface area (Å²) in [4.78, 5) is 9.18. The van der Waals surface area contributed by atoms with Gasteiger partial charge in [-0.15, -0.1) is 11.8 Å². The van der Waals surface area contributed by atoms with Crippen LogP contribution in [0.15, 0.2) is 57.2 Å². The lowest BCUT2D eigenvalue weighted by molar-refractivity contribution is 0.204. The fourth-order valence-electron chi connectivity index (χ4n) is 4.00. The minimum Gasteiger partial charge on any atom is -0.340 e. The fraction of sp³-hybridized carbons (Fsp3) is 0.429. The molecule has 0 N–H and O–H groups in total. The van der Waals surface area contributed by atoms with E-state index in [1.807, 2.05) is 23.5 Å². The van der Waals surface area contributed by atoms with Crippen molar-refractivity contribution in [3.05, 3.63) is 42.5 Å². The van der Waals surface area contributed by atoms with E-state index in [1.54, 1.807) is 0 Å². The standard InChI is InChI=1S/C21H26N2S2/c1-22-12-5-6-16(15-22)11-13-23-18-7-3-4-8-20(18)25-21-10-9-17(24-2)14-19(21)23/h3-4,7-10,14,16H,5-6,11-13,15H2,1-2H3. The summed E-state index contributed by atoms with van der Waals surface area (Å²) in [6.45, 7) is 3.63. The van der Waals surface area contributed by atoms with Gasteiger partial charge >= 0.3 is 0 Å². The van der Waals surface area contributed by atoms with Crippen molar-refractivity contribution in [2.24, 2.45) is 5.92 Å². The molecule has 4 rings (SSSR count). The van der Waals surface area contributed by atoms with Crippen LogP contribution in [0.2, 0.25) is 0 Å². The van der Waals surface area contributed by atoms with Gasteiger partial charge in [-0.05, 0) is 75.4 Å². The molecular weight excluding hydrogens is 344 g/mol. The number of thioether (sulfide) groups is 1. The number of likely N-dealkylation sites (tertiary alicyclic amines) is 1. The molecule has 0 aliphatic carbocycles. The summed E-state index contributed by atoms with van der Waals surface area (Å²) < 4.78 is 0. The van der Waals surface area contributed by atoms with E-state index in [2.05, 4.69) is 65.6 Å². The first-order chi connectivity index (χ1) is 12.2. The third-order valence-corrected chi connectivity index (χ3v) is 7.17. The third-order valence-electron chi connectivity index (χ3n) is 5.32. The number of fused-ring (bicyclic) bond motifs is 2. The van der Waals surface area contributed by atoms with E-state index in [0.29, 0.717) is 0 Å². The van der Waals surface area contributed by atoms with Gasteiger partial charge in [-0.2, -0.15) is 0 Å². The van der Waals surface area contributed by atoms with Crippen molar-refractivity contribution in [1.29, 1.82) is 0 Å². The molecule has 25 heavy (non-hydrogen) atoms. The Morgan fingerprint density at radius 3 is 2.80 bits per heavy atom. The molecule has 1 saturated heterocycles. The van der Waals surface area contributed by atoms with Gasteiger partial charge in [0.05, 0.1) is 11.4 Å². The molecule has 0 aromatic heterocycles. The number of piperidine rings is 1. The Hall–Kier alpha value is -1.10. The Morgan fingerprint density at radius 1 is 1.12 bits per heavy atom. The minimum atomic E-state index is 0.827. The van der Waals surface area contributed by atoms with Crippen molar-refractivity contribution in [3.63, 3.8) is 0 Å². The first kappa shape index (κ1) is 17.3. The maximum atomic E-state index is 2.56. The zero-order valence-electron chi connectivity index (χ0n) is 15.1. The van der Waals surface area contributed by atoms with Crippen LogP contribution in [0.4, 0.5) is 11.4 Å². The van der Waals surface area contributed by atoms with Crippen LogP contribution in [0, 0.1) is 5.92 Å². The largest absolute Gasteiger partial charge is 0.340 e. The Morgan fingerprint density at radius 2 is 1.96 bits per heavy atom. The summed E-state index contributed by atoms with van der Waals surface area (Å²) in [6.07, 6.45) is 6.16. The molecule has 0 spiro atoms.